The average molecular weight is 468 g/mol. The van der Waals surface area contributed by atoms with Crippen molar-refractivity contribution >= 4 is 17.5 Å². The smallest absolute Gasteiger partial charge is 0.349 e. The van der Waals surface area contributed by atoms with Crippen LogP contribution < -0.4 is 5.32 Å². The van der Waals surface area contributed by atoms with Crippen LogP contribution >= 0.6 is 11.6 Å². The molecule has 1 fully saturated rings. The topological polar surface area (TPSA) is 46.9 Å². The Morgan fingerprint density at radius 2 is 1.74 bits per heavy atom. The van der Waals surface area contributed by atoms with Gasteiger partial charge in [0.25, 0.3) is 5.91 Å². The van der Waals surface area contributed by atoms with Gasteiger partial charge in [-0.1, -0.05) is 11.6 Å². The standard InChI is InChI=1S/C20H20ClF6N3O/c1-11-8-17(20(25,26)27)29-30(11)10-12-2-5-14(6-3-12)28-18(31)15-9-13(19(22,23)24)4-7-16(15)21/h4,7-9,12,14H,2-3,5-6,10H2,1H3,(H,28,31)/t12-,14-. The number of aromatic nitrogens is 2. The van der Waals surface area contributed by atoms with Gasteiger partial charge in [-0.05, 0) is 62.8 Å². The number of carbonyl (C=O) groups excluding carboxylic acids is 1. The van der Waals surface area contributed by atoms with E-state index < -0.39 is 29.5 Å². The Morgan fingerprint density at radius 3 is 2.29 bits per heavy atom. The Kier molecular flexibility index (Phi) is 6.59. The Bertz CT molecular complexity index is 945. The molecule has 3 rings (SSSR count). The number of alkyl halides is 6. The molecule has 0 unspecified atom stereocenters. The molecule has 1 aliphatic carbocycles. The molecule has 1 N–H and O–H groups in total. The average Bonchev–Trinajstić information content (AvgIpc) is 3.03. The van der Waals surface area contributed by atoms with E-state index in [1.165, 1.54) is 4.68 Å². The lowest BCUT2D eigenvalue weighted by Crippen LogP contribution is -2.38. The molecular formula is C20H20ClF6N3O. The number of amides is 1. The Balaban J connectivity index is 1.57. The number of halogens is 7. The van der Waals surface area contributed by atoms with Gasteiger partial charge in [0.1, 0.15) is 0 Å². The number of hydrogen-bond donors (Lipinski definition) is 1. The summed E-state index contributed by atoms with van der Waals surface area (Å²) in [5.74, 6) is -0.595. The third-order valence-corrected chi connectivity index (χ3v) is 5.75. The fraction of sp³-hybridized carbons (Fsp3) is 0.500. The van der Waals surface area contributed by atoms with Crippen molar-refractivity contribution in [3.8, 4) is 0 Å². The van der Waals surface area contributed by atoms with Crippen molar-refractivity contribution in [2.24, 2.45) is 5.92 Å². The maximum Gasteiger partial charge on any atom is 0.435 e. The van der Waals surface area contributed by atoms with E-state index in [2.05, 4.69) is 10.4 Å². The Labute approximate surface area is 179 Å². The van der Waals surface area contributed by atoms with Crippen LogP contribution in [0.3, 0.4) is 0 Å². The maximum absolute atomic E-state index is 12.9. The highest BCUT2D eigenvalue weighted by Gasteiger charge is 2.35. The van der Waals surface area contributed by atoms with Crippen LogP contribution in [0.25, 0.3) is 0 Å². The molecule has 4 nitrogen and oxygen atoms in total. The van der Waals surface area contributed by atoms with Crippen molar-refractivity contribution in [2.45, 2.75) is 57.5 Å². The SMILES string of the molecule is Cc1cc(C(F)(F)F)nn1C[C@H]1CC[C@H](NC(=O)c2cc(C(F)(F)F)ccc2Cl)CC1. The van der Waals surface area contributed by atoms with Gasteiger partial charge in [0.05, 0.1) is 16.1 Å². The van der Waals surface area contributed by atoms with Gasteiger partial charge in [-0.15, -0.1) is 0 Å². The first-order valence-electron chi connectivity index (χ1n) is 9.64. The van der Waals surface area contributed by atoms with Gasteiger partial charge >= 0.3 is 12.4 Å². The zero-order valence-electron chi connectivity index (χ0n) is 16.4. The summed E-state index contributed by atoms with van der Waals surface area (Å²) in [6, 6.07) is 3.33. The van der Waals surface area contributed by atoms with Gasteiger partial charge in [0.2, 0.25) is 0 Å². The second kappa shape index (κ2) is 8.72. The molecule has 1 heterocycles. The number of hydrogen-bond acceptors (Lipinski definition) is 2. The number of nitrogens with zero attached hydrogens (tertiary/aromatic N) is 2. The van der Waals surface area contributed by atoms with E-state index in [0.29, 0.717) is 37.9 Å². The normalized spacial score (nSPS) is 20.0. The highest BCUT2D eigenvalue weighted by atomic mass is 35.5. The molecule has 0 spiro atoms. The second-order valence-electron chi connectivity index (χ2n) is 7.73. The number of aryl methyl sites for hydroxylation is 1. The molecule has 1 aromatic carbocycles. The van der Waals surface area contributed by atoms with Crippen LogP contribution in [0.2, 0.25) is 5.02 Å². The maximum atomic E-state index is 12.9. The molecule has 2 aromatic rings. The fourth-order valence-electron chi connectivity index (χ4n) is 3.71. The van der Waals surface area contributed by atoms with E-state index >= 15 is 0 Å². The number of carbonyl (C=O) groups is 1. The van der Waals surface area contributed by atoms with Crippen LogP contribution in [-0.4, -0.2) is 21.7 Å². The molecule has 1 aliphatic rings. The van der Waals surface area contributed by atoms with E-state index in [-0.39, 0.29) is 22.5 Å². The molecule has 0 saturated heterocycles. The predicted octanol–water partition coefficient (Wildman–Crippen LogP) is 5.87. The van der Waals surface area contributed by atoms with Crippen molar-refractivity contribution < 1.29 is 31.1 Å². The molecule has 11 heteroatoms. The molecule has 0 bridgehead atoms. The molecule has 1 aromatic heterocycles. The molecule has 0 aliphatic heterocycles. The lowest BCUT2D eigenvalue weighted by molar-refractivity contribution is -0.141. The summed E-state index contributed by atoms with van der Waals surface area (Å²) >= 11 is 5.90. The van der Waals surface area contributed by atoms with Crippen molar-refractivity contribution in [1.82, 2.24) is 15.1 Å². The van der Waals surface area contributed by atoms with Gasteiger partial charge in [-0.25, -0.2) is 0 Å². The summed E-state index contributed by atoms with van der Waals surface area (Å²) in [5.41, 5.74) is -1.71. The van der Waals surface area contributed by atoms with Gasteiger partial charge in [-0.2, -0.15) is 31.4 Å². The zero-order chi connectivity index (χ0) is 23.0. The quantitative estimate of drug-likeness (QED) is 0.571. The second-order valence-corrected chi connectivity index (χ2v) is 8.14. The number of nitrogens with one attached hydrogen (secondary N) is 1. The van der Waals surface area contributed by atoms with E-state index in [4.69, 9.17) is 11.6 Å². The fourth-order valence-corrected chi connectivity index (χ4v) is 3.91. The molecule has 0 radical (unpaired) electrons. The van der Waals surface area contributed by atoms with E-state index in [1.807, 2.05) is 0 Å². The summed E-state index contributed by atoms with van der Waals surface area (Å²) in [5, 5.41) is 6.27. The highest BCUT2D eigenvalue weighted by Crippen LogP contribution is 2.33. The number of rotatable bonds is 4. The molecule has 1 amide bonds. The van der Waals surface area contributed by atoms with Crippen LogP contribution in [0.1, 0.15) is 53.0 Å². The van der Waals surface area contributed by atoms with E-state index in [0.717, 1.165) is 24.3 Å². The first kappa shape index (κ1) is 23.4. The summed E-state index contributed by atoms with van der Waals surface area (Å²) < 4.78 is 78.4. The highest BCUT2D eigenvalue weighted by molar-refractivity contribution is 6.33. The lowest BCUT2D eigenvalue weighted by atomic mass is 9.86. The molecule has 31 heavy (non-hydrogen) atoms. The summed E-state index contributed by atoms with van der Waals surface area (Å²) in [7, 11) is 0. The first-order valence-corrected chi connectivity index (χ1v) is 10.0. The van der Waals surface area contributed by atoms with Gasteiger partial charge in [0.15, 0.2) is 5.69 Å². The van der Waals surface area contributed by atoms with Crippen molar-refractivity contribution in [2.75, 3.05) is 0 Å². The molecule has 1 saturated carbocycles. The summed E-state index contributed by atoms with van der Waals surface area (Å²) in [4.78, 5) is 12.4. The van der Waals surface area contributed by atoms with Crippen LogP contribution in [0.4, 0.5) is 26.3 Å². The van der Waals surface area contributed by atoms with Crippen molar-refractivity contribution in [3.63, 3.8) is 0 Å². The lowest BCUT2D eigenvalue weighted by Gasteiger charge is -2.29. The zero-order valence-corrected chi connectivity index (χ0v) is 17.2. The Hall–Kier alpha value is -2.23. The van der Waals surface area contributed by atoms with Gasteiger partial charge < -0.3 is 5.32 Å². The molecular weight excluding hydrogens is 448 g/mol. The summed E-state index contributed by atoms with van der Waals surface area (Å²) in [6.07, 6.45) is -6.69. The van der Waals surface area contributed by atoms with Gasteiger partial charge in [0, 0.05) is 18.3 Å². The minimum absolute atomic E-state index is 0.0752. The van der Waals surface area contributed by atoms with Crippen LogP contribution in [0.5, 0.6) is 0 Å². The Morgan fingerprint density at radius 1 is 1.10 bits per heavy atom. The minimum Gasteiger partial charge on any atom is -0.349 e. The van der Waals surface area contributed by atoms with Crippen LogP contribution in [0, 0.1) is 12.8 Å². The largest absolute Gasteiger partial charge is 0.435 e. The van der Waals surface area contributed by atoms with Crippen LogP contribution in [-0.2, 0) is 18.9 Å². The van der Waals surface area contributed by atoms with Crippen molar-refractivity contribution in [3.05, 3.63) is 51.8 Å². The number of benzene rings is 1. The van der Waals surface area contributed by atoms with Crippen LogP contribution in [0.15, 0.2) is 24.3 Å². The third-order valence-electron chi connectivity index (χ3n) is 5.42. The summed E-state index contributed by atoms with van der Waals surface area (Å²) in [6.45, 7) is 1.90. The van der Waals surface area contributed by atoms with E-state index in [1.54, 1.807) is 6.92 Å². The van der Waals surface area contributed by atoms with E-state index in [9.17, 15) is 31.1 Å². The molecule has 170 valence electrons. The monoisotopic (exact) mass is 467 g/mol. The minimum atomic E-state index is -4.59. The molecule has 0 atom stereocenters. The van der Waals surface area contributed by atoms with Crippen molar-refractivity contribution in [1.29, 1.82) is 0 Å². The van der Waals surface area contributed by atoms with Gasteiger partial charge in [-0.3, -0.25) is 9.48 Å². The first-order chi connectivity index (χ1) is 14.3. The predicted molar refractivity (Wildman–Crippen MR) is 102 cm³/mol. The third kappa shape index (κ3) is 5.72.